The van der Waals surface area contributed by atoms with Gasteiger partial charge in [-0.1, -0.05) is 33.1 Å². The smallest absolute Gasteiger partial charge is 0.356 e. The average molecular weight is 236 g/mol. The number of nitrogens with zero attached hydrogens (tertiary/aromatic N) is 2. The van der Waals surface area contributed by atoms with Gasteiger partial charge in [0.15, 0.2) is 5.69 Å². The monoisotopic (exact) mass is 236 g/mol. The molecule has 94 valence electrons. The number of carbonyl (C=O) groups is 1. The molecule has 1 N–H and O–H groups in total. The first-order chi connectivity index (χ1) is 8.09. The predicted octanol–water partition coefficient (Wildman–Crippen LogP) is 3.21. The molecule has 0 saturated heterocycles. The van der Waals surface area contributed by atoms with Gasteiger partial charge in [-0.3, -0.25) is 4.68 Å². The van der Waals surface area contributed by atoms with Crippen LogP contribution in [-0.4, -0.2) is 20.9 Å². The quantitative estimate of drug-likeness (QED) is 0.876. The molecule has 0 aliphatic heterocycles. The Bertz CT molecular complexity index is 404. The molecule has 1 saturated carbocycles. The number of rotatable bonds is 3. The SMILES string of the molecule is CC(C)c1cc(C(=O)O)nn1C1CCCCC1. The summed E-state index contributed by atoms with van der Waals surface area (Å²) in [6.07, 6.45) is 6.00. The van der Waals surface area contributed by atoms with E-state index in [4.69, 9.17) is 5.11 Å². The van der Waals surface area contributed by atoms with Gasteiger partial charge in [-0.25, -0.2) is 4.79 Å². The van der Waals surface area contributed by atoms with Crippen LogP contribution in [0, 0.1) is 0 Å². The molecule has 2 rings (SSSR count). The number of hydrogen-bond acceptors (Lipinski definition) is 2. The highest BCUT2D eigenvalue weighted by molar-refractivity contribution is 5.85. The summed E-state index contributed by atoms with van der Waals surface area (Å²) >= 11 is 0. The van der Waals surface area contributed by atoms with E-state index in [1.165, 1.54) is 19.3 Å². The Kier molecular flexibility index (Phi) is 3.50. The van der Waals surface area contributed by atoms with E-state index in [1.54, 1.807) is 6.07 Å². The lowest BCUT2D eigenvalue weighted by Crippen LogP contribution is -2.17. The zero-order valence-electron chi connectivity index (χ0n) is 10.5. The maximum atomic E-state index is 11.0. The molecular weight excluding hydrogens is 216 g/mol. The van der Waals surface area contributed by atoms with Gasteiger partial charge in [-0.05, 0) is 24.8 Å². The Morgan fingerprint density at radius 3 is 2.59 bits per heavy atom. The van der Waals surface area contributed by atoms with Crippen molar-refractivity contribution in [2.45, 2.75) is 57.9 Å². The van der Waals surface area contributed by atoms with Crippen molar-refractivity contribution in [1.82, 2.24) is 9.78 Å². The summed E-state index contributed by atoms with van der Waals surface area (Å²) in [5, 5.41) is 13.3. The topological polar surface area (TPSA) is 55.1 Å². The molecule has 0 radical (unpaired) electrons. The van der Waals surface area contributed by atoms with Crippen LogP contribution in [0.5, 0.6) is 0 Å². The van der Waals surface area contributed by atoms with Gasteiger partial charge in [0.1, 0.15) is 0 Å². The summed E-state index contributed by atoms with van der Waals surface area (Å²) in [6, 6.07) is 2.12. The minimum atomic E-state index is -0.929. The van der Waals surface area contributed by atoms with Crippen LogP contribution >= 0.6 is 0 Å². The van der Waals surface area contributed by atoms with Gasteiger partial charge >= 0.3 is 5.97 Å². The van der Waals surface area contributed by atoms with Crippen LogP contribution in [0.15, 0.2) is 6.07 Å². The zero-order chi connectivity index (χ0) is 12.4. The molecule has 17 heavy (non-hydrogen) atoms. The van der Waals surface area contributed by atoms with Gasteiger partial charge in [0.05, 0.1) is 6.04 Å². The highest BCUT2D eigenvalue weighted by Crippen LogP contribution is 2.31. The highest BCUT2D eigenvalue weighted by atomic mass is 16.4. The lowest BCUT2D eigenvalue weighted by molar-refractivity contribution is 0.0689. The summed E-state index contributed by atoms with van der Waals surface area (Å²) in [4.78, 5) is 11.0. The number of aromatic carboxylic acids is 1. The van der Waals surface area contributed by atoms with E-state index < -0.39 is 5.97 Å². The second-order valence-corrected chi connectivity index (χ2v) is 5.15. The number of aromatic nitrogens is 2. The van der Waals surface area contributed by atoms with Crippen LogP contribution in [0.2, 0.25) is 0 Å². The number of hydrogen-bond donors (Lipinski definition) is 1. The van der Waals surface area contributed by atoms with E-state index in [0.29, 0.717) is 12.0 Å². The largest absolute Gasteiger partial charge is 0.476 e. The third-order valence-corrected chi connectivity index (χ3v) is 3.50. The summed E-state index contributed by atoms with van der Waals surface area (Å²) in [7, 11) is 0. The van der Waals surface area contributed by atoms with E-state index in [1.807, 2.05) is 4.68 Å². The Labute approximate surface area is 102 Å². The van der Waals surface area contributed by atoms with Crippen molar-refractivity contribution in [3.05, 3.63) is 17.5 Å². The minimum absolute atomic E-state index is 0.180. The van der Waals surface area contributed by atoms with E-state index in [9.17, 15) is 4.79 Å². The third-order valence-electron chi connectivity index (χ3n) is 3.50. The van der Waals surface area contributed by atoms with Crippen molar-refractivity contribution in [2.24, 2.45) is 0 Å². The molecule has 4 nitrogen and oxygen atoms in total. The molecule has 0 atom stereocenters. The summed E-state index contributed by atoms with van der Waals surface area (Å²) in [5.41, 5.74) is 1.23. The maximum absolute atomic E-state index is 11.0. The molecule has 1 aliphatic carbocycles. The molecule has 0 bridgehead atoms. The molecule has 4 heteroatoms. The van der Waals surface area contributed by atoms with Crippen molar-refractivity contribution in [3.63, 3.8) is 0 Å². The average Bonchev–Trinajstić information content (AvgIpc) is 2.75. The molecule has 0 amide bonds. The summed E-state index contributed by atoms with van der Waals surface area (Å²) < 4.78 is 1.97. The van der Waals surface area contributed by atoms with Gasteiger partial charge in [0.2, 0.25) is 0 Å². The Morgan fingerprint density at radius 2 is 2.06 bits per heavy atom. The van der Waals surface area contributed by atoms with E-state index in [0.717, 1.165) is 18.5 Å². The molecule has 1 aromatic rings. The van der Waals surface area contributed by atoms with Crippen molar-refractivity contribution in [1.29, 1.82) is 0 Å². The molecule has 1 fully saturated rings. The lowest BCUT2D eigenvalue weighted by Gasteiger charge is -2.24. The third kappa shape index (κ3) is 2.51. The van der Waals surface area contributed by atoms with Crippen molar-refractivity contribution in [3.8, 4) is 0 Å². The van der Waals surface area contributed by atoms with Gasteiger partial charge < -0.3 is 5.11 Å². The zero-order valence-corrected chi connectivity index (χ0v) is 10.5. The normalized spacial score (nSPS) is 17.6. The van der Waals surface area contributed by atoms with E-state index in [2.05, 4.69) is 18.9 Å². The summed E-state index contributed by atoms with van der Waals surface area (Å²) in [5.74, 6) is -0.612. The fourth-order valence-electron chi connectivity index (χ4n) is 2.56. The van der Waals surface area contributed by atoms with Gasteiger partial charge in [0, 0.05) is 5.69 Å². The van der Waals surface area contributed by atoms with Crippen LogP contribution < -0.4 is 0 Å². The second kappa shape index (κ2) is 4.90. The molecule has 0 aromatic carbocycles. The molecule has 1 heterocycles. The van der Waals surface area contributed by atoms with Crippen molar-refractivity contribution in [2.75, 3.05) is 0 Å². The molecule has 1 aliphatic rings. The first kappa shape index (κ1) is 12.1. The second-order valence-electron chi connectivity index (χ2n) is 5.15. The first-order valence-corrected chi connectivity index (χ1v) is 6.42. The predicted molar refractivity (Wildman–Crippen MR) is 65.4 cm³/mol. The maximum Gasteiger partial charge on any atom is 0.356 e. The minimum Gasteiger partial charge on any atom is -0.476 e. The Balaban J connectivity index is 2.32. The fourth-order valence-corrected chi connectivity index (χ4v) is 2.56. The summed E-state index contributed by atoms with van der Waals surface area (Å²) in [6.45, 7) is 4.17. The van der Waals surface area contributed by atoms with Crippen LogP contribution in [0.3, 0.4) is 0 Å². The van der Waals surface area contributed by atoms with Gasteiger partial charge in [0.25, 0.3) is 0 Å². The van der Waals surface area contributed by atoms with Crippen LogP contribution in [0.25, 0.3) is 0 Å². The van der Waals surface area contributed by atoms with Crippen LogP contribution in [0.1, 0.15) is 74.1 Å². The standard InChI is InChI=1S/C13H20N2O2/c1-9(2)12-8-11(13(16)17)14-15(12)10-6-4-3-5-7-10/h8-10H,3-7H2,1-2H3,(H,16,17). The lowest BCUT2D eigenvalue weighted by atomic mass is 9.95. The van der Waals surface area contributed by atoms with Crippen molar-refractivity contribution >= 4 is 5.97 Å². The van der Waals surface area contributed by atoms with Gasteiger partial charge in [-0.15, -0.1) is 0 Å². The highest BCUT2D eigenvalue weighted by Gasteiger charge is 2.22. The van der Waals surface area contributed by atoms with E-state index in [-0.39, 0.29) is 5.69 Å². The van der Waals surface area contributed by atoms with Crippen LogP contribution in [0.4, 0.5) is 0 Å². The Morgan fingerprint density at radius 1 is 1.41 bits per heavy atom. The molecule has 0 spiro atoms. The van der Waals surface area contributed by atoms with Crippen molar-refractivity contribution < 1.29 is 9.90 Å². The number of carboxylic acids is 1. The van der Waals surface area contributed by atoms with E-state index >= 15 is 0 Å². The Hall–Kier alpha value is -1.32. The van der Waals surface area contributed by atoms with Crippen LogP contribution in [-0.2, 0) is 0 Å². The number of carboxylic acid groups (broad SMARTS) is 1. The fraction of sp³-hybridized carbons (Fsp3) is 0.692. The van der Waals surface area contributed by atoms with Gasteiger partial charge in [-0.2, -0.15) is 5.10 Å². The molecule has 1 aromatic heterocycles. The molecule has 0 unspecified atom stereocenters. The first-order valence-electron chi connectivity index (χ1n) is 6.42. The molecular formula is C13H20N2O2.